The molecule has 14 heteroatoms. The number of nitrogens with one attached hydrogen (secondary N) is 2. The smallest absolute Gasteiger partial charge is 0.363 e. The molecule has 1 atom stereocenters. The van der Waals surface area contributed by atoms with Crippen LogP contribution in [0.25, 0.3) is 0 Å². The number of anilines is 3. The van der Waals surface area contributed by atoms with E-state index in [1.807, 2.05) is 0 Å². The fourth-order valence-electron chi connectivity index (χ4n) is 3.09. The molecule has 4 rings (SSSR count). The quantitative estimate of drug-likeness (QED) is 0.264. The van der Waals surface area contributed by atoms with Crippen LogP contribution in [-0.2, 0) is 6.18 Å². The molecule has 2 N–H and O–H groups in total. The van der Waals surface area contributed by atoms with Crippen LogP contribution in [0.2, 0.25) is 5.02 Å². The first-order chi connectivity index (χ1) is 17.1. The normalized spacial score (nSPS) is 12.2. The van der Waals surface area contributed by atoms with Gasteiger partial charge in [-0.2, -0.15) is 13.2 Å². The Morgan fingerprint density at radius 3 is 2.64 bits per heavy atom. The molecule has 3 aromatic heterocycles. The van der Waals surface area contributed by atoms with E-state index in [9.17, 15) is 22.8 Å². The highest BCUT2D eigenvalue weighted by Crippen LogP contribution is 2.36. The molecule has 0 aliphatic heterocycles. The topological polar surface area (TPSA) is 123 Å². The first-order valence-corrected chi connectivity index (χ1v) is 11.5. The van der Waals surface area contributed by atoms with Gasteiger partial charge in [-0.1, -0.05) is 23.7 Å². The minimum Gasteiger partial charge on any atom is -0.363 e. The van der Waals surface area contributed by atoms with Crippen molar-refractivity contribution in [1.82, 2.24) is 20.1 Å². The number of alkyl halides is 3. The summed E-state index contributed by atoms with van der Waals surface area (Å²) in [4.78, 5) is 37.8. The summed E-state index contributed by atoms with van der Waals surface area (Å²) in [5.74, 6) is -0.355. The summed E-state index contributed by atoms with van der Waals surface area (Å²) in [6.45, 7) is 1.78. The van der Waals surface area contributed by atoms with Gasteiger partial charge in [0.1, 0.15) is 29.0 Å². The van der Waals surface area contributed by atoms with Crippen molar-refractivity contribution in [2.45, 2.75) is 25.4 Å². The van der Waals surface area contributed by atoms with Crippen LogP contribution in [-0.4, -0.2) is 31.8 Å². The molecule has 36 heavy (non-hydrogen) atoms. The Balaban J connectivity index is 1.38. The van der Waals surface area contributed by atoms with Crippen LogP contribution in [0, 0.1) is 0 Å². The lowest BCUT2D eigenvalue weighted by Gasteiger charge is -2.10. The molecule has 0 fully saturated rings. The molecule has 0 radical (unpaired) electrons. The third-order valence-corrected chi connectivity index (χ3v) is 6.38. The van der Waals surface area contributed by atoms with Gasteiger partial charge in [-0.25, -0.2) is 15.0 Å². The van der Waals surface area contributed by atoms with Gasteiger partial charge in [0.15, 0.2) is 11.6 Å². The fourth-order valence-corrected chi connectivity index (χ4v) is 4.24. The Labute approximate surface area is 210 Å². The molecule has 1 unspecified atom stereocenters. The van der Waals surface area contributed by atoms with Crippen LogP contribution in [0.5, 0.6) is 0 Å². The van der Waals surface area contributed by atoms with Gasteiger partial charge in [0.05, 0.1) is 21.8 Å². The highest BCUT2D eigenvalue weighted by Gasteiger charge is 2.33. The Morgan fingerprint density at radius 2 is 1.94 bits per heavy atom. The third-order valence-electron chi connectivity index (χ3n) is 4.84. The van der Waals surface area contributed by atoms with Crippen LogP contribution in [0.4, 0.5) is 30.5 Å². The molecule has 1 amide bonds. The zero-order valence-electron chi connectivity index (χ0n) is 18.3. The van der Waals surface area contributed by atoms with Crippen LogP contribution in [0.15, 0.2) is 53.6 Å². The zero-order valence-corrected chi connectivity index (χ0v) is 19.9. The molecule has 4 aromatic rings. The van der Waals surface area contributed by atoms with Gasteiger partial charge in [0.2, 0.25) is 0 Å². The second-order valence-electron chi connectivity index (χ2n) is 7.54. The number of hydrogen-bond donors (Lipinski definition) is 2. The Hall–Kier alpha value is -3.84. The Morgan fingerprint density at radius 1 is 1.14 bits per heavy atom. The standard InChI is InChI=1S/C22H16ClF3N6O3S/c1-11(6-16(33)15-8-19(29-10-28-15)31-18-4-5-35-32-18)21-27-9-17(36-21)20(34)30-12-2-3-13(14(23)7-12)22(24,25)26/h2-5,7-11H,6H2,1H3,(H,30,34)(H,28,29,31,32). The Bertz CT molecular complexity index is 1390. The summed E-state index contributed by atoms with van der Waals surface area (Å²) in [5.41, 5.74) is -0.697. The number of carbonyl (C=O) groups excluding carboxylic acids is 2. The maximum Gasteiger partial charge on any atom is 0.417 e. The highest BCUT2D eigenvalue weighted by atomic mass is 35.5. The van der Waals surface area contributed by atoms with Crippen molar-refractivity contribution in [3.8, 4) is 0 Å². The second-order valence-corrected chi connectivity index (χ2v) is 9.01. The number of nitrogens with zero attached hydrogens (tertiary/aromatic N) is 4. The number of hydrogen-bond acceptors (Lipinski definition) is 9. The number of halogens is 4. The lowest BCUT2D eigenvalue weighted by Crippen LogP contribution is -2.11. The van der Waals surface area contributed by atoms with Crippen LogP contribution in [0.1, 0.15) is 50.0 Å². The summed E-state index contributed by atoms with van der Waals surface area (Å²) in [6, 6.07) is 6.01. The van der Waals surface area contributed by atoms with E-state index in [-0.39, 0.29) is 34.4 Å². The summed E-state index contributed by atoms with van der Waals surface area (Å²) in [6.07, 6.45) is -0.547. The van der Waals surface area contributed by atoms with Crippen molar-refractivity contribution in [2.75, 3.05) is 10.6 Å². The maximum absolute atomic E-state index is 12.9. The van der Waals surface area contributed by atoms with E-state index in [1.54, 1.807) is 13.0 Å². The predicted octanol–water partition coefficient (Wildman–Crippen LogP) is 5.97. The SMILES string of the molecule is CC(CC(=O)c1cc(Nc2ccon2)ncn1)c1ncc(C(=O)Nc2ccc(C(F)(F)F)c(Cl)c2)s1. The molecule has 1 aromatic carbocycles. The number of amides is 1. The van der Waals surface area contributed by atoms with Gasteiger partial charge in [-0.3, -0.25) is 9.59 Å². The molecule has 3 heterocycles. The minimum atomic E-state index is -4.60. The van der Waals surface area contributed by atoms with Crippen molar-refractivity contribution in [3.63, 3.8) is 0 Å². The fraction of sp³-hybridized carbons (Fsp3) is 0.182. The monoisotopic (exact) mass is 536 g/mol. The molecule has 0 saturated heterocycles. The van der Waals surface area contributed by atoms with Crippen LogP contribution >= 0.6 is 22.9 Å². The van der Waals surface area contributed by atoms with Crippen molar-refractivity contribution < 1.29 is 27.3 Å². The van der Waals surface area contributed by atoms with E-state index in [0.717, 1.165) is 29.5 Å². The summed E-state index contributed by atoms with van der Waals surface area (Å²) >= 11 is 6.77. The number of thiazole rings is 1. The van der Waals surface area contributed by atoms with E-state index in [4.69, 9.17) is 16.1 Å². The summed E-state index contributed by atoms with van der Waals surface area (Å²) in [7, 11) is 0. The molecule has 0 aliphatic carbocycles. The molecule has 0 spiro atoms. The van der Waals surface area contributed by atoms with E-state index >= 15 is 0 Å². The zero-order chi connectivity index (χ0) is 25.9. The molecular formula is C22H16ClF3N6O3S. The van der Waals surface area contributed by atoms with E-state index in [1.165, 1.54) is 24.9 Å². The molecular weight excluding hydrogens is 521 g/mol. The predicted molar refractivity (Wildman–Crippen MR) is 126 cm³/mol. The van der Waals surface area contributed by atoms with Crippen molar-refractivity contribution in [3.05, 3.63) is 75.3 Å². The largest absolute Gasteiger partial charge is 0.417 e. The number of Topliss-reactive ketones (excluding diaryl/α,β-unsaturated/α-hetero) is 1. The van der Waals surface area contributed by atoms with Crippen molar-refractivity contribution >= 4 is 52.0 Å². The van der Waals surface area contributed by atoms with E-state index < -0.39 is 22.7 Å². The van der Waals surface area contributed by atoms with Gasteiger partial charge in [-0.05, 0) is 18.2 Å². The summed E-state index contributed by atoms with van der Waals surface area (Å²) in [5, 5.41) is 9.11. The highest BCUT2D eigenvalue weighted by molar-refractivity contribution is 7.13. The molecule has 0 aliphatic rings. The average Bonchev–Trinajstić information content (AvgIpc) is 3.51. The molecule has 0 bridgehead atoms. The third kappa shape index (κ3) is 6.04. The van der Waals surface area contributed by atoms with E-state index in [2.05, 4.69) is 30.7 Å². The second kappa shape index (κ2) is 10.4. The number of aromatic nitrogens is 4. The van der Waals surface area contributed by atoms with Crippen molar-refractivity contribution in [1.29, 1.82) is 0 Å². The first-order valence-electron chi connectivity index (χ1n) is 10.3. The van der Waals surface area contributed by atoms with Gasteiger partial charge < -0.3 is 15.2 Å². The van der Waals surface area contributed by atoms with Gasteiger partial charge >= 0.3 is 6.18 Å². The molecule has 186 valence electrons. The van der Waals surface area contributed by atoms with Crippen molar-refractivity contribution in [2.24, 2.45) is 0 Å². The minimum absolute atomic E-state index is 0.0729. The lowest BCUT2D eigenvalue weighted by atomic mass is 10.0. The summed E-state index contributed by atoms with van der Waals surface area (Å²) < 4.78 is 43.3. The van der Waals surface area contributed by atoms with Crippen LogP contribution < -0.4 is 10.6 Å². The molecule has 0 saturated carbocycles. The lowest BCUT2D eigenvalue weighted by molar-refractivity contribution is -0.137. The van der Waals surface area contributed by atoms with E-state index in [0.29, 0.717) is 16.6 Å². The van der Waals surface area contributed by atoms with Crippen LogP contribution in [0.3, 0.4) is 0 Å². The van der Waals surface area contributed by atoms with Gasteiger partial charge in [0.25, 0.3) is 5.91 Å². The van der Waals surface area contributed by atoms with Gasteiger partial charge in [0, 0.05) is 30.2 Å². The average molecular weight is 537 g/mol. The Kier molecular flexibility index (Phi) is 7.31. The number of carbonyl (C=O) groups is 2. The first kappa shape index (κ1) is 25.3. The number of ketones is 1. The maximum atomic E-state index is 12.9. The number of rotatable bonds is 8. The van der Waals surface area contributed by atoms with Gasteiger partial charge in [-0.15, -0.1) is 11.3 Å². The number of benzene rings is 1. The molecule has 9 nitrogen and oxygen atoms in total.